The van der Waals surface area contributed by atoms with E-state index in [-0.39, 0.29) is 10.9 Å². The van der Waals surface area contributed by atoms with E-state index in [9.17, 15) is 10.4 Å². The van der Waals surface area contributed by atoms with Gasteiger partial charge >= 0.3 is 0 Å². The molecule has 6 heteroatoms. The Morgan fingerprint density at radius 1 is 1.24 bits per heavy atom. The second kappa shape index (κ2) is 6.71. The fraction of sp³-hybridized carbons (Fsp3) is 0.263. The average molecular weight is 353 g/mol. The lowest BCUT2D eigenvalue weighted by molar-refractivity contribution is -0.741. The van der Waals surface area contributed by atoms with E-state index in [0.29, 0.717) is 5.57 Å². The molecule has 1 aromatic carbocycles. The summed E-state index contributed by atoms with van der Waals surface area (Å²) in [7, 11) is 1.61. The molecule has 3 atom stereocenters. The first-order valence-corrected chi connectivity index (χ1v) is 8.30. The van der Waals surface area contributed by atoms with Crippen LogP contribution >= 0.6 is 0 Å². The molecule has 25 heavy (non-hydrogen) atoms. The number of nitrogens with zero attached hydrogens (tertiary/aromatic N) is 2. The van der Waals surface area contributed by atoms with Crippen LogP contribution in [0.4, 0.5) is 0 Å². The lowest BCUT2D eigenvalue weighted by Crippen LogP contribution is -2.63. The van der Waals surface area contributed by atoms with Crippen LogP contribution in [0.25, 0.3) is 0 Å². The zero-order valence-electron chi connectivity index (χ0n) is 14.0. The number of methoxy groups -OCH3 is 1. The molecule has 2 N–H and O–H groups in total. The maximum Gasteiger partial charge on any atom is 0.216 e. The molecule has 0 saturated heterocycles. The van der Waals surface area contributed by atoms with Gasteiger partial charge < -0.3 is 27.8 Å². The SMILES string of the molecule is COc1ccc([C@H]2C(C#N)=C([S-])N[C@](C)(O)[C@@H]2[n+]2ccccc2)cc1. The molecular weight excluding hydrogens is 334 g/mol. The smallest absolute Gasteiger partial charge is 0.216 e. The highest BCUT2D eigenvalue weighted by atomic mass is 32.1. The predicted octanol–water partition coefficient (Wildman–Crippen LogP) is 1.90. The van der Waals surface area contributed by atoms with Crippen LogP contribution < -0.4 is 14.6 Å². The van der Waals surface area contributed by atoms with Crippen molar-refractivity contribution in [1.29, 1.82) is 5.26 Å². The van der Waals surface area contributed by atoms with E-state index in [1.165, 1.54) is 0 Å². The molecule has 5 nitrogen and oxygen atoms in total. The van der Waals surface area contributed by atoms with Crippen molar-refractivity contribution in [2.45, 2.75) is 24.6 Å². The van der Waals surface area contributed by atoms with E-state index >= 15 is 0 Å². The fourth-order valence-electron chi connectivity index (χ4n) is 3.34. The fourth-order valence-corrected chi connectivity index (χ4v) is 3.71. The van der Waals surface area contributed by atoms with Gasteiger partial charge in [-0.25, -0.2) is 0 Å². The lowest BCUT2D eigenvalue weighted by atomic mass is 9.78. The minimum Gasteiger partial charge on any atom is -0.762 e. The molecule has 2 heterocycles. The van der Waals surface area contributed by atoms with Crippen molar-refractivity contribution in [1.82, 2.24) is 5.32 Å². The van der Waals surface area contributed by atoms with Gasteiger partial charge in [-0.1, -0.05) is 23.2 Å². The number of hydrogen-bond acceptors (Lipinski definition) is 5. The van der Waals surface area contributed by atoms with Gasteiger partial charge in [0, 0.05) is 17.7 Å². The molecule has 0 unspecified atom stereocenters. The number of pyridine rings is 1. The van der Waals surface area contributed by atoms with E-state index in [0.717, 1.165) is 11.3 Å². The van der Waals surface area contributed by atoms with Gasteiger partial charge in [-0.3, -0.25) is 0 Å². The Kier molecular flexibility index (Phi) is 4.62. The van der Waals surface area contributed by atoms with Crippen LogP contribution in [-0.4, -0.2) is 17.9 Å². The molecule has 128 valence electrons. The summed E-state index contributed by atoms with van der Waals surface area (Å²) in [5.74, 6) is 0.349. The van der Waals surface area contributed by atoms with Crippen LogP contribution in [0.3, 0.4) is 0 Å². The maximum atomic E-state index is 11.0. The largest absolute Gasteiger partial charge is 0.762 e. The third-order valence-electron chi connectivity index (χ3n) is 4.47. The number of rotatable bonds is 3. The molecule has 0 aliphatic carbocycles. The number of ether oxygens (including phenoxy) is 1. The number of aliphatic hydroxyl groups is 1. The summed E-state index contributed by atoms with van der Waals surface area (Å²) in [6.45, 7) is 1.68. The van der Waals surface area contributed by atoms with Crippen molar-refractivity contribution in [3.8, 4) is 11.8 Å². The first kappa shape index (κ1) is 17.2. The Hall–Kier alpha value is -2.62. The average Bonchev–Trinajstić information content (AvgIpc) is 2.61. The monoisotopic (exact) mass is 353 g/mol. The molecule has 0 spiro atoms. The zero-order chi connectivity index (χ0) is 18.0. The van der Waals surface area contributed by atoms with Crippen molar-refractivity contribution in [3.05, 3.63) is 71.0 Å². The molecule has 1 aliphatic heterocycles. The predicted molar refractivity (Wildman–Crippen MR) is 95.2 cm³/mol. The van der Waals surface area contributed by atoms with E-state index in [4.69, 9.17) is 17.4 Å². The number of benzene rings is 1. The van der Waals surface area contributed by atoms with E-state index in [1.54, 1.807) is 14.0 Å². The molecule has 0 amide bonds. The van der Waals surface area contributed by atoms with Gasteiger partial charge in [0.2, 0.25) is 6.04 Å². The van der Waals surface area contributed by atoms with Gasteiger partial charge in [0.05, 0.1) is 19.1 Å². The summed E-state index contributed by atoms with van der Waals surface area (Å²) in [6, 6.07) is 15.0. The second-order valence-electron chi connectivity index (χ2n) is 6.15. The number of hydrogen-bond donors (Lipinski definition) is 2. The minimum atomic E-state index is -1.31. The standard InChI is InChI=1S/C19H19N3O2S/c1-19(23)17(22-10-4-3-5-11-22)16(15(12-20)18(25)21-19)13-6-8-14(24-2)9-7-13/h3-11,16-17,21,23H,1-2H3/t16-,17+,19+/m0/s1. The highest BCUT2D eigenvalue weighted by Gasteiger charge is 2.50. The summed E-state index contributed by atoms with van der Waals surface area (Å²) in [5, 5.41) is 23.9. The summed E-state index contributed by atoms with van der Waals surface area (Å²) < 4.78 is 7.12. The molecule has 0 bridgehead atoms. The van der Waals surface area contributed by atoms with Gasteiger partial charge in [-0.15, -0.1) is 0 Å². The topological polar surface area (TPSA) is 69.2 Å². The highest BCUT2D eigenvalue weighted by Crippen LogP contribution is 2.42. The van der Waals surface area contributed by atoms with Crippen LogP contribution in [0.15, 0.2) is 65.5 Å². The third kappa shape index (κ3) is 3.16. The van der Waals surface area contributed by atoms with Crippen LogP contribution in [0.2, 0.25) is 0 Å². The highest BCUT2D eigenvalue weighted by molar-refractivity contribution is 7.63. The molecule has 0 radical (unpaired) electrons. The minimum absolute atomic E-state index is 0.279. The molecular formula is C19H19N3O2S. The van der Waals surface area contributed by atoms with Gasteiger partial charge in [0.1, 0.15) is 5.75 Å². The van der Waals surface area contributed by atoms with Crippen molar-refractivity contribution in [2.75, 3.05) is 7.11 Å². The maximum absolute atomic E-state index is 11.0. The van der Waals surface area contributed by atoms with Gasteiger partial charge in [0.15, 0.2) is 18.1 Å². The lowest BCUT2D eigenvalue weighted by Gasteiger charge is -2.43. The quantitative estimate of drug-likeness (QED) is 0.652. The van der Waals surface area contributed by atoms with Crippen molar-refractivity contribution < 1.29 is 14.4 Å². The van der Waals surface area contributed by atoms with Crippen molar-refractivity contribution in [3.63, 3.8) is 0 Å². The second-order valence-corrected chi connectivity index (χ2v) is 6.55. The first-order chi connectivity index (χ1) is 12.0. The van der Waals surface area contributed by atoms with E-state index in [1.807, 2.05) is 59.4 Å². The van der Waals surface area contributed by atoms with Crippen molar-refractivity contribution in [2.24, 2.45) is 0 Å². The van der Waals surface area contributed by atoms with Gasteiger partial charge in [-0.05, 0) is 24.6 Å². The Bertz CT molecular complexity index is 826. The molecule has 1 aromatic heterocycles. The molecule has 0 fully saturated rings. The summed E-state index contributed by atoms with van der Waals surface area (Å²) in [4.78, 5) is 0. The van der Waals surface area contributed by atoms with Gasteiger partial charge in [-0.2, -0.15) is 9.83 Å². The van der Waals surface area contributed by atoms with E-state index < -0.39 is 11.8 Å². The summed E-state index contributed by atoms with van der Waals surface area (Å²) in [6.07, 6.45) is 3.75. The number of aromatic nitrogens is 1. The molecule has 3 rings (SSSR count). The Morgan fingerprint density at radius 3 is 2.44 bits per heavy atom. The van der Waals surface area contributed by atoms with Crippen LogP contribution in [0, 0.1) is 11.3 Å². The molecule has 0 saturated carbocycles. The molecule has 1 aliphatic rings. The Morgan fingerprint density at radius 2 is 1.88 bits per heavy atom. The third-order valence-corrected chi connectivity index (χ3v) is 4.79. The van der Waals surface area contributed by atoms with Crippen LogP contribution in [0.5, 0.6) is 5.75 Å². The van der Waals surface area contributed by atoms with Gasteiger partial charge in [0.25, 0.3) is 0 Å². The van der Waals surface area contributed by atoms with Crippen LogP contribution in [0.1, 0.15) is 24.4 Å². The number of allylic oxidation sites excluding steroid dienone is 1. The normalized spacial score (nSPS) is 25.8. The zero-order valence-corrected chi connectivity index (χ0v) is 14.8. The Balaban J connectivity index is 2.19. The number of nitrogens with one attached hydrogen (secondary N) is 1. The molecule has 2 aromatic rings. The van der Waals surface area contributed by atoms with Crippen molar-refractivity contribution >= 4 is 12.6 Å². The number of nitriles is 1. The van der Waals surface area contributed by atoms with Crippen LogP contribution in [-0.2, 0) is 12.6 Å². The summed E-state index contributed by atoms with van der Waals surface area (Å²) >= 11 is 5.34. The Labute approximate surface area is 152 Å². The first-order valence-electron chi connectivity index (χ1n) is 7.89. The van der Waals surface area contributed by atoms with E-state index in [2.05, 4.69) is 11.4 Å². The summed E-state index contributed by atoms with van der Waals surface area (Å²) in [5.41, 5.74) is 0.0181.